The van der Waals surface area contributed by atoms with Gasteiger partial charge in [-0.1, -0.05) is 109 Å². The lowest BCUT2D eigenvalue weighted by molar-refractivity contribution is 1.10. The predicted molar refractivity (Wildman–Crippen MR) is 156 cm³/mol. The summed E-state index contributed by atoms with van der Waals surface area (Å²) < 4.78 is 2.28. The van der Waals surface area contributed by atoms with Crippen LogP contribution >= 0.6 is 0 Å². The van der Waals surface area contributed by atoms with Crippen LogP contribution in [-0.4, -0.2) is 9.55 Å². The highest BCUT2D eigenvalue weighted by Crippen LogP contribution is 2.40. The van der Waals surface area contributed by atoms with Crippen LogP contribution in [0.5, 0.6) is 0 Å². The van der Waals surface area contributed by atoms with E-state index >= 15 is 0 Å². The number of nitrogens with zero attached hydrogens (tertiary/aromatic N) is 2. The van der Waals surface area contributed by atoms with Gasteiger partial charge in [-0.15, -0.1) is 0 Å². The molecule has 0 aliphatic carbocycles. The zero-order valence-corrected chi connectivity index (χ0v) is 20.1. The van der Waals surface area contributed by atoms with Crippen molar-refractivity contribution in [1.29, 1.82) is 0 Å². The molecule has 0 saturated carbocycles. The first-order valence-corrected chi connectivity index (χ1v) is 12.7. The maximum atomic E-state index is 5.03. The van der Waals surface area contributed by atoms with Gasteiger partial charge in [0.15, 0.2) is 0 Å². The van der Waals surface area contributed by atoms with Gasteiger partial charge in [0.25, 0.3) is 0 Å². The van der Waals surface area contributed by atoms with Gasteiger partial charge in [-0.25, -0.2) is 4.98 Å². The number of aromatic nitrogens is 2. The second-order valence-electron chi connectivity index (χ2n) is 9.65. The molecule has 2 nitrogen and oxygen atoms in total. The molecule has 0 N–H and O–H groups in total. The van der Waals surface area contributed by atoms with E-state index in [4.69, 9.17) is 4.98 Å². The highest BCUT2D eigenvalue weighted by Gasteiger charge is 2.16. The largest absolute Gasteiger partial charge is 0.292 e. The fourth-order valence-corrected chi connectivity index (χ4v) is 5.87. The van der Waals surface area contributed by atoms with Crippen LogP contribution in [0.4, 0.5) is 0 Å². The van der Waals surface area contributed by atoms with E-state index in [0.717, 1.165) is 28.1 Å². The summed E-state index contributed by atoms with van der Waals surface area (Å²) >= 11 is 0. The van der Waals surface area contributed by atoms with E-state index in [1.807, 2.05) is 6.07 Å². The fraction of sp³-hybridized carbons (Fsp3) is 0. The topological polar surface area (TPSA) is 17.8 Å². The molecule has 0 bridgehead atoms. The van der Waals surface area contributed by atoms with E-state index in [1.165, 1.54) is 43.4 Å². The molecule has 172 valence electrons. The summed E-state index contributed by atoms with van der Waals surface area (Å²) in [6, 6.07) is 47.8. The predicted octanol–water partition coefficient (Wildman–Crippen LogP) is 9.26. The van der Waals surface area contributed by atoms with Crippen LogP contribution in [0, 0.1) is 0 Å². The molecular formula is C35H22N2. The first kappa shape index (κ1) is 20.3. The summed E-state index contributed by atoms with van der Waals surface area (Å²) in [4.78, 5) is 5.03. The van der Waals surface area contributed by atoms with Crippen LogP contribution in [0.25, 0.3) is 71.6 Å². The highest BCUT2D eigenvalue weighted by atomic mass is 15.1. The van der Waals surface area contributed by atoms with E-state index in [2.05, 4.69) is 132 Å². The van der Waals surface area contributed by atoms with E-state index in [9.17, 15) is 0 Å². The molecule has 1 aromatic heterocycles. The van der Waals surface area contributed by atoms with Crippen molar-refractivity contribution in [3.05, 3.63) is 133 Å². The van der Waals surface area contributed by atoms with Crippen molar-refractivity contribution in [2.45, 2.75) is 0 Å². The summed E-state index contributed by atoms with van der Waals surface area (Å²) in [5.41, 5.74) is 6.76. The summed E-state index contributed by atoms with van der Waals surface area (Å²) in [5, 5.41) is 7.85. The summed E-state index contributed by atoms with van der Waals surface area (Å²) in [5.74, 6) is 0.953. The number of para-hydroxylation sites is 2. The van der Waals surface area contributed by atoms with Gasteiger partial charge in [-0.2, -0.15) is 0 Å². The molecule has 8 rings (SSSR count). The monoisotopic (exact) mass is 470 g/mol. The molecule has 0 unspecified atom stereocenters. The van der Waals surface area contributed by atoms with Gasteiger partial charge in [0, 0.05) is 11.3 Å². The Morgan fingerprint density at radius 2 is 1.16 bits per heavy atom. The number of fused-ring (bicyclic) bond motifs is 1. The van der Waals surface area contributed by atoms with Crippen LogP contribution < -0.4 is 0 Å². The molecule has 0 fully saturated rings. The van der Waals surface area contributed by atoms with Gasteiger partial charge in [-0.3, -0.25) is 4.57 Å². The molecule has 1 heterocycles. The summed E-state index contributed by atoms with van der Waals surface area (Å²) in [6.45, 7) is 0. The van der Waals surface area contributed by atoms with Crippen molar-refractivity contribution in [3.8, 4) is 28.2 Å². The number of benzene rings is 7. The first-order valence-electron chi connectivity index (χ1n) is 12.7. The number of hydrogen-bond donors (Lipinski definition) is 0. The smallest absolute Gasteiger partial charge is 0.145 e. The Morgan fingerprint density at radius 1 is 0.486 bits per heavy atom. The fourth-order valence-electron chi connectivity index (χ4n) is 5.87. The molecule has 0 amide bonds. The average Bonchev–Trinajstić information content (AvgIpc) is 3.36. The van der Waals surface area contributed by atoms with Crippen molar-refractivity contribution in [2.24, 2.45) is 0 Å². The molecule has 0 atom stereocenters. The van der Waals surface area contributed by atoms with Gasteiger partial charge >= 0.3 is 0 Å². The molecule has 0 radical (unpaired) electrons. The lowest BCUT2D eigenvalue weighted by Gasteiger charge is -2.15. The van der Waals surface area contributed by atoms with E-state index < -0.39 is 0 Å². The molecule has 7 aromatic carbocycles. The maximum Gasteiger partial charge on any atom is 0.145 e. The van der Waals surface area contributed by atoms with Crippen molar-refractivity contribution >= 4 is 43.4 Å². The van der Waals surface area contributed by atoms with E-state index in [0.29, 0.717) is 0 Å². The van der Waals surface area contributed by atoms with Crippen LogP contribution in [-0.2, 0) is 0 Å². The van der Waals surface area contributed by atoms with Gasteiger partial charge in [-0.05, 0) is 67.7 Å². The van der Waals surface area contributed by atoms with Crippen molar-refractivity contribution < 1.29 is 0 Å². The molecular weight excluding hydrogens is 448 g/mol. The van der Waals surface area contributed by atoms with Crippen molar-refractivity contribution in [3.63, 3.8) is 0 Å². The Kier molecular flexibility index (Phi) is 4.26. The highest BCUT2D eigenvalue weighted by molar-refractivity contribution is 6.25. The molecule has 2 heteroatoms. The van der Waals surface area contributed by atoms with Gasteiger partial charge in [0.1, 0.15) is 5.82 Å². The van der Waals surface area contributed by atoms with Crippen molar-refractivity contribution in [1.82, 2.24) is 9.55 Å². The van der Waals surface area contributed by atoms with Crippen LogP contribution in [0.2, 0.25) is 0 Å². The zero-order chi connectivity index (χ0) is 24.3. The Balaban J connectivity index is 1.39. The lowest BCUT2D eigenvalue weighted by Crippen LogP contribution is -1.98. The summed E-state index contributed by atoms with van der Waals surface area (Å²) in [6.07, 6.45) is 0. The van der Waals surface area contributed by atoms with Crippen LogP contribution in [0.3, 0.4) is 0 Å². The Hall–Kier alpha value is -4.95. The minimum absolute atomic E-state index is 0.953. The number of hydrogen-bond acceptors (Lipinski definition) is 1. The third kappa shape index (κ3) is 3.03. The second-order valence-corrected chi connectivity index (χ2v) is 9.65. The lowest BCUT2D eigenvalue weighted by atomic mass is 9.90. The number of rotatable bonds is 3. The minimum atomic E-state index is 0.953. The summed E-state index contributed by atoms with van der Waals surface area (Å²) in [7, 11) is 0. The minimum Gasteiger partial charge on any atom is -0.292 e. The molecule has 37 heavy (non-hydrogen) atoms. The Bertz CT molecular complexity index is 2070. The van der Waals surface area contributed by atoms with Gasteiger partial charge in [0.2, 0.25) is 0 Å². The first-order chi connectivity index (χ1) is 18.3. The molecule has 0 aliphatic heterocycles. The Labute approximate surface area is 214 Å². The third-order valence-electron chi connectivity index (χ3n) is 7.54. The zero-order valence-electron chi connectivity index (χ0n) is 20.1. The molecule has 0 aliphatic rings. The van der Waals surface area contributed by atoms with Crippen molar-refractivity contribution in [2.75, 3.05) is 0 Å². The van der Waals surface area contributed by atoms with Gasteiger partial charge < -0.3 is 0 Å². The van der Waals surface area contributed by atoms with Crippen LogP contribution in [0.1, 0.15) is 0 Å². The van der Waals surface area contributed by atoms with E-state index in [-0.39, 0.29) is 0 Å². The Morgan fingerprint density at radius 3 is 2.03 bits per heavy atom. The molecule has 8 aromatic rings. The van der Waals surface area contributed by atoms with Gasteiger partial charge in [0.05, 0.1) is 11.0 Å². The van der Waals surface area contributed by atoms with Crippen LogP contribution in [0.15, 0.2) is 133 Å². The number of imidazole rings is 1. The maximum absolute atomic E-state index is 5.03. The normalized spacial score (nSPS) is 11.8. The van der Waals surface area contributed by atoms with E-state index in [1.54, 1.807) is 0 Å². The average molecular weight is 471 g/mol. The molecule has 0 spiro atoms. The quantitative estimate of drug-likeness (QED) is 0.235. The standard InChI is InChI=1S/C35H22N2/c1-2-8-26(9-3-1)35-36-31-14-4-5-15-32(31)37(35)28-13-7-12-27(22-28)29-20-18-25-17-16-23-10-6-11-24-19-21-30(29)34(25)33(23)24/h1-22H. The SMILES string of the molecule is c1ccc(-c2nc3ccccc3n2-c2cccc(-c3ccc4ccc5cccc6ccc3c4c56)c2)cc1. The molecule has 0 saturated heterocycles. The second kappa shape index (κ2) is 7.78. The third-order valence-corrected chi connectivity index (χ3v) is 7.54.